The second kappa shape index (κ2) is 6.28. The van der Waals surface area contributed by atoms with Crippen molar-refractivity contribution in [2.45, 2.75) is 20.1 Å². The maximum atomic E-state index is 6.01. The highest BCUT2D eigenvalue weighted by Crippen LogP contribution is 2.27. The fraction of sp³-hybridized carbons (Fsp3) is 0.438. The maximum Gasteiger partial charge on any atom is 0.237 e. The molecule has 5 nitrogen and oxygen atoms in total. The molecule has 1 aromatic carbocycles. The zero-order valence-corrected chi connectivity index (χ0v) is 12.5. The van der Waals surface area contributed by atoms with E-state index in [0.29, 0.717) is 5.88 Å². The molecular weight excluding hydrogens is 266 g/mol. The van der Waals surface area contributed by atoms with Crippen molar-refractivity contribution in [2.24, 2.45) is 0 Å². The Balaban J connectivity index is 1.73. The molecule has 112 valence electrons. The van der Waals surface area contributed by atoms with Gasteiger partial charge in [0.1, 0.15) is 0 Å². The summed E-state index contributed by atoms with van der Waals surface area (Å²) in [5, 5.41) is 7.40. The highest BCUT2D eigenvalue weighted by atomic mass is 16.5. The van der Waals surface area contributed by atoms with Crippen molar-refractivity contribution in [2.75, 3.05) is 26.3 Å². The predicted molar refractivity (Wildman–Crippen MR) is 81.2 cm³/mol. The second-order valence-corrected chi connectivity index (χ2v) is 5.26. The third kappa shape index (κ3) is 3.09. The van der Waals surface area contributed by atoms with E-state index in [9.17, 15) is 0 Å². The first-order valence-corrected chi connectivity index (χ1v) is 7.34. The normalized spacial score (nSPS) is 17.6. The van der Waals surface area contributed by atoms with Crippen molar-refractivity contribution < 1.29 is 9.47 Å². The minimum Gasteiger partial charge on any atom is -0.457 e. The van der Waals surface area contributed by atoms with Gasteiger partial charge in [-0.3, -0.25) is 10.00 Å². The van der Waals surface area contributed by atoms with Crippen LogP contribution < -0.4 is 4.74 Å². The summed E-state index contributed by atoms with van der Waals surface area (Å²) >= 11 is 0. The van der Waals surface area contributed by atoms with Gasteiger partial charge < -0.3 is 9.47 Å². The van der Waals surface area contributed by atoms with Gasteiger partial charge in [0, 0.05) is 18.7 Å². The number of hydrogen-bond donors (Lipinski definition) is 1. The average Bonchev–Trinajstić information content (AvgIpc) is 2.90. The van der Waals surface area contributed by atoms with Crippen LogP contribution >= 0.6 is 0 Å². The molecule has 1 unspecified atom stereocenters. The topological polar surface area (TPSA) is 50.4 Å². The molecule has 0 amide bonds. The van der Waals surface area contributed by atoms with E-state index in [1.54, 1.807) is 0 Å². The summed E-state index contributed by atoms with van der Waals surface area (Å²) in [6.07, 6.45) is -0.000441. The number of benzene rings is 1. The fourth-order valence-corrected chi connectivity index (χ4v) is 2.56. The molecule has 0 radical (unpaired) electrons. The molecule has 1 aliphatic rings. The molecule has 2 heterocycles. The van der Waals surface area contributed by atoms with Crippen molar-refractivity contribution in [3.8, 4) is 17.1 Å². The van der Waals surface area contributed by atoms with E-state index in [0.717, 1.165) is 43.1 Å². The fourth-order valence-electron chi connectivity index (χ4n) is 2.56. The van der Waals surface area contributed by atoms with Crippen molar-refractivity contribution in [3.05, 3.63) is 35.9 Å². The molecule has 0 bridgehead atoms. The molecule has 1 atom stereocenters. The third-order valence-corrected chi connectivity index (χ3v) is 3.87. The Kier molecular flexibility index (Phi) is 4.22. The molecule has 1 N–H and O–H groups in total. The van der Waals surface area contributed by atoms with Crippen LogP contribution in [0.4, 0.5) is 0 Å². The summed E-state index contributed by atoms with van der Waals surface area (Å²) in [6.45, 7) is 7.42. The van der Waals surface area contributed by atoms with Gasteiger partial charge in [0.05, 0.1) is 18.9 Å². The lowest BCUT2D eigenvalue weighted by atomic mass is 10.1. The zero-order chi connectivity index (χ0) is 14.7. The van der Waals surface area contributed by atoms with Gasteiger partial charge in [0.25, 0.3) is 0 Å². The van der Waals surface area contributed by atoms with Crippen LogP contribution in [0.5, 0.6) is 5.88 Å². The standard InChI is InChI=1S/C16H21N3O2/c1-12-15(14-6-4-3-5-7-14)17-18-16(12)21-13(2)19-8-10-20-11-9-19/h3-7,13H,8-11H2,1-2H3,(H,17,18). The minimum absolute atomic E-state index is 0.000441. The number of ether oxygens (including phenoxy) is 2. The van der Waals surface area contributed by atoms with E-state index in [1.807, 2.05) is 25.1 Å². The highest BCUT2D eigenvalue weighted by molar-refractivity contribution is 5.64. The Hall–Kier alpha value is -1.85. The first-order valence-electron chi connectivity index (χ1n) is 7.34. The van der Waals surface area contributed by atoms with Crippen LogP contribution in [0.2, 0.25) is 0 Å². The third-order valence-electron chi connectivity index (χ3n) is 3.87. The van der Waals surface area contributed by atoms with Crippen LogP contribution in [0.1, 0.15) is 12.5 Å². The Morgan fingerprint density at radius 1 is 1.24 bits per heavy atom. The summed E-state index contributed by atoms with van der Waals surface area (Å²) in [6, 6.07) is 10.2. The van der Waals surface area contributed by atoms with Gasteiger partial charge in [-0.25, -0.2) is 0 Å². The van der Waals surface area contributed by atoms with Gasteiger partial charge in [-0.15, -0.1) is 5.10 Å². The number of nitrogens with zero attached hydrogens (tertiary/aromatic N) is 2. The summed E-state index contributed by atoms with van der Waals surface area (Å²) in [5.74, 6) is 0.674. The zero-order valence-electron chi connectivity index (χ0n) is 12.5. The first kappa shape index (κ1) is 14.1. The molecule has 1 aromatic heterocycles. The number of aromatic amines is 1. The lowest BCUT2D eigenvalue weighted by molar-refractivity contribution is -0.0390. The van der Waals surface area contributed by atoms with Crippen molar-refractivity contribution in [3.63, 3.8) is 0 Å². The van der Waals surface area contributed by atoms with E-state index in [1.165, 1.54) is 0 Å². The molecule has 1 fully saturated rings. The van der Waals surface area contributed by atoms with E-state index in [4.69, 9.17) is 9.47 Å². The van der Waals surface area contributed by atoms with Crippen LogP contribution in [0.15, 0.2) is 30.3 Å². The highest BCUT2D eigenvalue weighted by Gasteiger charge is 2.21. The van der Waals surface area contributed by atoms with Crippen LogP contribution in [-0.4, -0.2) is 47.6 Å². The molecule has 0 saturated carbocycles. The lowest BCUT2D eigenvalue weighted by Crippen LogP contribution is -2.44. The molecule has 1 saturated heterocycles. The average molecular weight is 287 g/mol. The lowest BCUT2D eigenvalue weighted by Gasteiger charge is -2.31. The Morgan fingerprint density at radius 3 is 2.67 bits per heavy atom. The second-order valence-electron chi connectivity index (χ2n) is 5.26. The number of rotatable bonds is 4. The molecule has 3 rings (SSSR count). The van der Waals surface area contributed by atoms with Crippen LogP contribution in [-0.2, 0) is 4.74 Å². The number of H-pyrrole nitrogens is 1. The SMILES string of the molecule is Cc1c(OC(C)N2CCOCC2)n[nH]c1-c1ccccc1. The van der Waals surface area contributed by atoms with Gasteiger partial charge in [-0.2, -0.15) is 0 Å². The summed E-state index contributed by atoms with van der Waals surface area (Å²) in [7, 11) is 0. The van der Waals surface area contributed by atoms with Crippen molar-refractivity contribution in [1.29, 1.82) is 0 Å². The number of morpholine rings is 1. The van der Waals surface area contributed by atoms with Gasteiger partial charge in [0.15, 0.2) is 6.23 Å². The summed E-state index contributed by atoms with van der Waals surface area (Å²) < 4.78 is 11.4. The van der Waals surface area contributed by atoms with E-state index in [2.05, 4.69) is 34.2 Å². The molecule has 5 heteroatoms. The van der Waals surface area contributed by atoms with Gasteiger partial charge in [-0.1, -0.05) is 30.3 Å². The summed E-state index contributed by atoms with van der Waals surface area (Å²) in [5.41, 5.74) is 3.18. The van der Waals surface area contributed by atoms with Gasteiger partial charge in [-0.05, 0) is 19.4 Å². The minimum atomic E-state index is -0.000441. The molecule has 1 aliphatic heterocycles. The number of nitrogens with one attached hydrogen (secondary N) is 1. The Morgan fingerprint density at radius 2 is 1.95 bits per heavy atom. The van der Waals surface area contributed by atoms with Crippen molar-refractivity contribution >= 4 is 0 Å². The number of aromatic nitrogens is 2. The van der Waals surface area contributed by atoms with Crippen LogP contribution in [0, 0.1) is 6.92 Å². The number of hydrogen-bond acceptors (Lipinski definition) is 4. The predicted octanol–water partition coefficient (Wildman–Crippen LogP) is 2.44. The van der Waals surface area contributed by atoms with E-state index < -0.39 is 0 Å². The Labute approximate surface area is 124 Å². The first-order chi connectivity index (χ1) is 10.3. The summed E-state index contributed by atoms with van der Waals surface area (Å²) in [4.78, 5) is 2.26. The molecule has 21 heavy (non-hydrogen) atoms. The molecule has 0 aliphatic carbocycles. The quantitative estimate of drug-likeness (QED) is 0.938. The van der Waals surface area contributed by atoms with Crippen molar-refractivity contribution in [1.82, 2.24) is 15.1 Å². The van der Waals surface area contributed by atoms with Crippen LogP contribution in [0.25, 0.3) is 11.3 Å². The smallest absolute Gasteiger partial charge is 0.237 e. The molecule has 0 spiro atoms. The largest absolute Gasteiger partial charge is 0.457 e. The molecule has 2 aromatic rings. The maximum absolute atomic E-state index is 6.01. The van der Waals surface area contributed by atoms with Crippen LogP contribution in [0.3, 0.4) is 0 Å². The Bertz CT molecular complexity index is 576. The molecular formula is C16H21N3O2. The van der Waals surface area contributed by atoms with E-state index >= 15 is 0 Å². The van der Waals surface area contributed by atoms with Gasteiger partial charge >= 0.3 is 0 Å². The van der Waals surface area contributed by atoms with Gasteiger partial charge in [0.2, 0.25) is 5.88 Å². The van der Waals surface area contributed by atoms with E-state index in [-0.39, 0.29) is 6.23 Å². The monoisotopic (exact) mass is 287 g/mol.